The molecule has 0 saturated heterocycles. The molecule has 61 heavy (non-hydrogen) atoms. The SMILES string of the molecule is O=S(=O)([O-])C(F)(F)C(F)(F)C(F)(F)C(F)(F)C(F)(F)F.O=S(=O)([O-])C(F)(F)C(F)(F)C(F)(F)C(F)(F)C(F)(F)F.O=S(=O)([O-])C(F)(F)C(F)(F)C(F)(F)C(F)(F)C(F)(F)F.[Ga+3]. The molecule has 9 nitrogen and oxygen atoms in total. The van der Waals surface area contributed by atoms with Gasteiger partial charge in [0, 0.05) is 0 Å². The Hall–Kier alpha value is -1.94. The third-order valence-electron chi connectivity index (χ3n) is 5.47. The van der Waals surface area contributed by atoms with Gasteiger partial charge < -0.3 is 13.7 Å². The summed E-state index contributed by atoms with van der Waals surface area (Å²) in [5, 5.41) is -22.2. The molecule has 0 atom stereocenters. The van der Waals surface area contributed by atoms with Crippen molar-refractivity contribution in [1.82, 2.24) is 0 Å². The van der Waals surface area contributed by atoms with E-state index in [0.717, 1.165) is 0 Å². The van der Waals surface area contributed by atoms with E-state index in [-0.39, 0.29) is 19.8 Å². The van der Waals surface area contributed by atoms with Crippen molar-refractivity contribution in [2.75, 3.05) is 0 Å². The Labute approximate surface area is 321 Å². The Balaban J connectivity index is -0.000000396. The van der Waals surface area contributed by atoms with Gasteiger partial charge in [0.05, 0.1) is 0 Å². The van der Waals surface area contributed by atoms with Crippen LogP contribution in [0.4, 0.5) is 145 Å². The van der Waals surface area contributed by atoms with Crippen LogP contribution in [0.15, 0.2) is 0 Å². The predicted molar refractivity (Wildman–Crippen MR) is 112 cm³/mol. The molecule has 0 spiro atoms. The third kappa shape index (κ3) is 10.3. The molecule has 0 aromatic rings. The predicted octanol–water partition coefficient (Wildman–Crippen LogP) is 7.40. The molecule has 0 radical (unpaired) electrons. The molecular weight excluding hydrogens is 1120 g/mol. The van der Waals surface area contributed by atoms with E-state index >= 15 is 0 Å². The number of rotatable bonds is 12. The summed E-state index contributed by atoms with van der Waals surface area (Å²) in [5.41, 5.74) is 0. The van der Waals surface area contributed by atoms with Crippen LogP contribution in [-0.2, 0) is 30.4 Å². The van der Waals surface area contributed by atoms with E-state index in [0.29, 0.717) is 0 Å². The zero-order valence-corrected chi connectivity index (χ0v) is 30.3. The largest absolute Gasteiger partial charge is 3.00 e. The molecule has 366 valence electrons. The van der Waals surface area contributed by atoms with Gasteiger partial charge in [0.15, 0.2) is 30.4 Å². The van der Waals surface area contributed by atoms with E-state index in [1.807, 2.05) is 0 Å². The molecule has 0 aliphatic heterocycles. The molecular formula is C15F33GaO9S3. The number of alkyl halides is 33. The molecule has 0 N–H and O–H groups in total. The summed E-state index contributed by atoms with van der Waals surface area (Å²) in [4.78, 5) is 0. The molecule has 46 heteroatoms. The van der Waals surface area contributed by atoms with Gasteiger partial charge in [-0.05, 0) is 0 Å². The fraction of sp³-hybridized carbons (Fsp3) is 1.00. The standard InChI is InChI=1S/3C5HF11O3S.Ga/c3*6-1(7,2(8,9)4(12,13)14)3(10,11)5(15,16)20(17,18)19;/h3*(H,17,18,19);/q;;;+3/p-3. The van der Waals surface area contributed by atoms with Crippen LogP contribution in [0, 0.1) is 0 Å². The van der Waals surface area contributed by atoms with E-state index in [4.69, 9.17) is 0 Å². The van der Waals surface area contributed by atoms with Crippen molar-refractivity contribution in [3.63, 3.8) is 0 Å². The molecule has 0 bridgehead atoms. The Kier molecular flexibility index (Phi) is 18.1. The molecule has 0 unspecified atom stereocenters. The summed E-state index contributed by atoms with van der Waals surface area (Å²) in [6, 6.07) is 0. The van der Waals surface area contributed by atoms with Gasteiger partial charge in [0.25, 0.3) is 0 Å². The quantitative estimate of drug-likeness (QED) is 0.110. The van der Waals surface area contributed by atoms with Crippen LogP contribution in [0.1, 0.15) is 0 Å². The van der Waals surface area contributed by atoms with Gasteiger partial charge in [-0.2, -0.15) is 145 Å². The average Bonchev–Trinajstić information content (AvgIpc) is 2.93. The summed E-state index contributed by atoms with van der Waals surface area (Å²) >= 11 is 0. The van der Waals surface area contributed by atoms with E-state index in [1.165, 1.54) is 0 Å². The van der Waals surface area contributed by atoms with E-state index in [9.17, 15) is 184 Å². The van der Waals surface area contributed by atoms with Crippen LogP contribution in [0.3, 0.4) is 0 Å². The fourth-order valence-electron chi connectivity index (χ4n) is 2.14. The molecule has 0 rings (SSSR count). The van der Waals surface area contributed by atoms with Crippen LogP contribution >= 0.6 is 0 Å². The van der Waals surface area contributed by atoms with Gasteiger partial charge in [-0.25, -0.2) is 25.3 Å². The zero-order valence-electron chi connectivity index (χ0n) is 25.4. The molecule has 0 heterocycles. The Morgan fingerprint density at radius 3 is 0.377 bits per heavy atom. The Bertz CT molecular complexity index is 1650. The molecule has 0 saturated carbocycles. The summed E-state index contributed by atoms with van der Waals surface area (Å²) < 4.78 is 486. The van der Waals surface area contributed by atoms with E-state index < -0.39 is 118 Å². The van der Waals surface area contributed by atoms with Crippen LogP contribution in [0.2, 0.25) is 0 Å². The first-order valence-electron chi connectivity index (χ1n) is 11.3. The normalized spacial score (nSPS) is 16.1. The average molecular weight is 1120 g/mol. The van der Waals surface area contributed by atoms with Gasteiger partial charge in [-0.3, -0.25) is 0 Å². The fourth-order valence-corrected chi connectivity index (χ4v) is 3.47. The van der Waals surface area contributed by atoms with Crippen molar-refractivity contribution >= 4 is 50.1 Å². The second-order valence-electron chi connectivity index (χ2n) is 9.58. The molecule has 0 aliphatic rings. The topological polar surface area (TPSA) is 172 Å². The van der Waals surface area contributed by atoms with Crippen LogP contribution in [-0.4, -0.2) is 146 Å². The molecule has 0 aromatic carbocycles. The second kappa shape index (κ2) is 16.8. The summed E-state index contributed by atoms with van der Waals surface area (Å²) in [6.45, 7) is 0. The van der Waals surface area contributed by atoms with Crippen molar-refractivity contribution < 1.29 is 184 Å². The smallest absolute Gasteiger partial charge is 0.743 e. The monoisotopic (exact) mass is 1120 g/mol. The maximum absolute atomic E-state index is 12.4. The van der Waals surface area contributed by atoms with Crippen molar-refractivity contribution in [3.05, 3.63) is 0 Å². The second-order valence-corrected chi connectivity index (χ2v) is 13.8. The first kappa shape index (κ1) is 65.7. The van der Waals surface area contributed by atoms with Crippen molar-refractivity contribution in [1.29, 1.82) is 0 Å². The van der Waals surface area contributed by atoms with Gasteiger partial charge in [-0.15, -0.1) is 0 Å². The Morgan fingerprint density at radius 2 is 0.311 bits per heavy atom. The number of halogens is 33. The van der Waals surface area contributed by atoms with Crippen molar-refractivity contribution in [2.24, 2.45) is 0 Å². The van der Waals surface area contributed by atoms with Gasteiger partial charge in [0.1, 0.15) is 0 Å². The summed E-state index contributed by atoms with van der Waals surface area (Å²) in [5.74, 6) is -70.3. The summed E-state index contributed by atoms with van der Waals surface area (Å²) in [6.07, 6.45) is -22.2. The van der Waals surface area contributed by atoms with E-state index in [1.54, 1.807) is 0 Å². The first-order valence-corrected chi connectivity index (χ1v) is 15.6. The van der Waals surface area contributed by atoms with Gasteiger partial charge in [-0.1, -0.05) is 0 Å². The third-order valence-corrected chi connectivity index (χ3v) is 8.13. The molecule has 0 amide bonds. The van der Waals surface area contributed by atoms with Crippen LogP contribution in [0.5, 0.6) is 0 Å². The van der Waals surface area contributed by atoms with E-state index in [2.05, 4.69) is 0 Å². The first-order chi connectivity index (χ1) is 24.8. The number of hydrogen-bond donors (Lipinski definition) is 0. The maximum Gasteiger partial charge on any atom is 3.00 e. The minimum Gasteiger partial charge on any atom is -0.743 e. The molecule has 0 aliphatic carbocycles. The minimum absolute atomic E-state index is 0. The van der Waals surface area contributed by atoms with Crippen molar-refractivity contribution in [2.45, 2.75) is 87.6 Å². The maximum atomic E-state index is 12.4. The molecule has 0 fully saturated rings. The zero-order chi connectivity index (χ0) is 51.0. The number of hydrogen-bond acceptors (Lipinski definition) is 9. The van der Waals surface area contributed by atoms with Gasteiger partial charge in [0.2, 0.25) is 0 Å². The minimum atomic E-state index is -7.90. The van der Waals surface area contributed by atoms with Gasteiger partial charge >= 0.3 is 107 Å². The Morgan fingerprint density at radius 1 is 0.213 bits per heavy atom. The van der Waals surface area contributed by atoms with Crippen LogP contribution < -0.4 is 0 Å². The van der Waals surface area contributed by atoms with Crippen molar-refractivity contribution in [3.8, 4) is 0 Å². The van der Waals surface area contributed by atoms with Crippen LogP contribution in [0.25, 0.3) is 0 Å². The summed E-state index contributed by atoms with van der Waals surface area (Å²) in [7, 11) is -23.0. The molecule has 0 aromatic heterocycles.